The number of ether oxygens (including phenoxy) is 1. The number of benzene rings is 2. The molecule has 4 nitrogen and oxygen atoms in total. The minimum Gasteiger partial charge on any atom is -0.495 e. The fourth-order valence-corrected chi connectivity index (χ4v) is 2.40. The van der Waals surface area contributed by atoms with E-state index in [1.807, 2.05) is 0 Å². The second-order valence-corrected chi connectivity index (χ2v) is 5.21. The number of halogens is 2. The van der Waals surface area contributed by atoms with Crippen molar-refractivity contribution in [3.8, 4) is 5.75 Å². The number of amides is 1. The summed E-state index contributed by atoms with van der Waals surface area (Å²) >= 11 is 3.17. The molecular formula is C15H14BrFN2O2. The smallest absolute Gasteiger partial charge is 0.255 e. The number of methoxy groups -OCH3 is 1. The van der Waals surface area contributed by atoms with Gasteiger partial charge >= 0.3 is 0 Å². The van der Waals surface area contributed by atoms with Crippen LogP contribution in [0.3, 0.4) is 0 Å². The maximum atomic E-state index is 13.7. The van der Waals surface area contributed by atoms with E-state index in [0.717, 1.165) is 5.56 Å². The molecular weight excluding hydrogens is 339 g/mol. The first kappa shape index (κ1) is 15.3. The molecule has 1 amide bonds. The highest BCUT2D eigenvalue weighted by Crippen LogP contribution is 2.22. The zero-order valence-corrected chi connectivity index (χ0v) is 12.9. The van der Waals surface area contributed by atoms with Gasteiger partial charge < -0.3 is 15.8 Å². The highest BCUT2D eigenvalue weighted by atomic mass is 79.9. The van der Waals surface area contributed by atoms with Gasteiger partial charge in [-0.1, -0.05) is 12.1 Å². The molecule has 0 atom stereocenters. The first-order valence-corrected chi connectivity index (χ1v) is 6.97. The molecule has 0 bridgehead atoms. The molecule has 0 aromatic heterocycles. The lowest BCUT2D eigenvalue weighted by Gasteiger charge is -2.10. The zero-order chi connectivity index (χ0) is 15.4. The monoisotopic (exact) mass is 352 g/mol. The molecule has 3 N–H and O–H groups in total. The van der Waals surface area contributed by atoms with Gasteiger partial charge in [0.2, 0.25) is 0 Å². The van der Waals surface area contributed by atoms with Crippen LogP contribution in [0, 0.1) is 5.82 Å². The van der Waals surface area contributed by atoms with Crippen LogP contribution in [-0.2, 0) is 6.54 Å². The molecule has 110 valence electrons. The Morgan fingerprint density at radius 3 is 2.76 bits per heavy atom. The van der Waals surface area contributed by atoms with E-state index in [9.17, 15) is 9.18 Å². The minimum atomic E-state index is -0.573. The Morgan fingerprint density at radius 1 is 1.38 bits per heavy atom. The number of nitrogens with two attached hydrogens (primary N) is 1. The molecule has 0 aliphatic carbocycles. The van der Waals surface area contributed by atoms with Crippen molar-refractivity contribution in [2.24, 2.45) is 0 Å². The van der Waals surface area contributed by atoms with Gasteiger partial charge in [-0.25, -0.2) is 4.39 Å². The van der Waals surface area contributed by atoms with Gasteiger partial charge in [0.15, 0.2) is 0 Å². The van der Waals surface area contributed by atoms with E-state index >= 15 is 0 Å². The van der Waals surface area contributed by atoms with Crippen LogP contribution in [0.4, 0.5) is 10.1 Å². The van der Waals surface area contributed by atoms with E-state index in [2.05, 4.69) is 21.2 Å². The molecule has 0 saturated carbocycles. The molecule has 0 radical (unpaired) electrons. The van der Waals surface area contributed by atoms with Gasteiger partial charge in [0.1, 0.15) is 11.6 Å². The lowest BCUT2D eigenvalue weighted by Crippen LogP contribution is -2.24. The van der Waals surface area contributed by atoms with Gasteiger partial charge in [-0.15, -0.1) is 0 Å². The van der Waals surface area contributed by atoms with Gasteiger partial charge in [0.05, 0.1) is 18.4 Å². The van der Waals surface area contributed by atoms with E-state index in [4.69, 9.17) is 10.5 Å². The summed E-state index contributed by atoms with van der Waals surface area (Å²) in [4.78, 5) is 12.0. The average Bonchev–Trinajstić information content (AvgIpc) is 2.45. The highest BCUT2D eigenvalue weighted by Gasteiger charge is 2.15. The number of hydrogen-bond acceptors (Lipinski definition) is 3. The molecule has 0 saturated heterocycles. The van der Waals surface area contributed by atoms with E-state index in [1.165, 1.54) is 19.2 Å². The van der Waals surface area contributed by atoms with E-state index in [-0.39, 0.29) is 12.1 Å². The standard InChI is InChI=1S/C15H14BrFN2O2/c1-21-13-6-5-9(7-12(13)18)8-19-15(20)14-10(16)3-2-4-11(14)17/h2-7H,8,18H2,1H3,(H,19,20). The summed E-state index contributed by atoms with van der Waals surface area (Å²) < 4.78 is 19.1. The number of carbonyl (C=O) groups is 1. The Morgan fingerprint density at radius 2 is 2.14 bits per heavy atom. The Hall–Kier alpha value is -2.08. The summed E-state index contributed by atoms with van der Waals surface area (Å²) in [6.45, 7) is 0.244. The van der Waals surface area contributed by atoms with Crippen molar-refractivity contribution in [3.63, 3.8) is 0 Å². The predicted molar refractivity (Wildman–Crippen MR) is 82.7 cm³/mol. The van der Waals surface area contributed by atoms with Crippen LogP contribution in [-0.4, -0.2) is 13.0 Å². The maximum absolute atomic E-state index is 13.7. The highest BCUT2D eigenvalue weighted by molar-refractivity contribution is 9.10. The van der Waals surface area contributed by atoms with Gasteiger partial charge in [-0.3, -0.25) is 4.79 Å². The summed E-state index contributed by atoms with van der Waals surface area (Å²) in [6, 6.07) is 9.59. The first-order valence-electron chi connectivity index (χ1n) is 6.17. The number of nitrogen functional groups attached to an aromatic ring is 1. The van der Waals surface area contributed by atoms with E-state index < -0.39 is 11.7 Å². The summed E-state index contributed by atoms with van der Waals surface area (Å²) in [6.07, 6.45) is 0. The summed E-state index contributed by atoms with van der Waals surface area (Å²) in [5.74, 6) is -0.493. The molecule has 6 heteroatoms. The molecule has 2 rings (SSSR count). The van der Waals surface area contributed by atoms with Crippen molar-refractivity contribution in [1.82, 2.24) is 5.32 Å². The normalized spacial score (nSPS) is 10.2. The van der Waals surface area contributed by atoms with Gasteiger partial charge in [0, 0.05) is 11.0 Å². The quantitative estimate of drug-likeness (QED) is 0.831. The van der Waals surface area contributed by atoms with Crippen LogP contribution in [0.15, 0.2) is 40.9 Å². The van der Waals surface area contributed by atoms with Gasteiger partial charge in [0.25, 0.3) is 5.91 Å². The number of rotatable bonds is 4. The van der Waals surface area contributed by atoms with Crippen molar-refractivity contribution >= 4 is 27.5 Å². The third kappa shape index (κ3) is 3.52. The third-order valence-corrected chi connectivity index (χ3v) is 3.60. The minimum absolute atomic E-state index is 0.0148. The molecule has 21 heavy (non-hydrogen) atoms. The van der Waals surface area contributed by atoms with Crippen LogP contribution in [0.5, 0.6) is 5.75 Å². The molecule has 0 spiro atoms. The van der Waals surface area contributed by atoms with E-state index in [1.54, 1.807) is 24.3 Å². The van der Waals surface area contributed by atoms with Crippen LogP contribution in [0.2, 0.25) is 0 Å². The molecule has 0 aliphatic heterocycles. The third-order valence-electron chi connectivity index (χ3n) is 2.94. The van der Waals surface area contributed by atoms with Crippen LogP contribution < -0.4 is 15.8 Å². The lowest BCUT2D eigenvalue weighted by atomic mass is 10.1. The van der Waals surface area contributed by atoms with Crippen molar-refractivity contribution in [2.45, 2.75) is 6.54 Å². The molecule has 0 unspecified atom stereocenters. The largest absolute Gasteiger partial charge is 0.495 e. The topological polar surface area (TPSA) is 64.3 Å². The van der Waals surface area contributed by atoms with E-state index in [0.29, 0.717) is 15.9 Å². The first-order chi connectivity index (χ1) is 10.0. The second kappa shape index (κ2) is 6.58. The number of nitrogens with one attached hydrogen (secondary N) is 1. The lowest BCUT2D eigenvalue weighted by molar-refractivity contribution is 0.0946. The molecule has 2 aromatic carbocycles. The SMILES string of the molecule is COc1ccc(CNC(=O)c2c(F)cccc2Br)cc1N. The number of hydrogen-bond donors (Lipinski definition) is 2. The summed E-state index contributed by atoms with van der Waals surface area (Å²) in [5.41, 5.74) is 7.06. The Labute approximate surface area is 130 Å². The average molecular weight is 353 g/mol. The van der Waals surface area contributed by atoms with Crippen LogP contribution in [0.25, 0.3) is 0 Å². The molecule has 0 aliphatic rings. The maximum Gasteiger partial charge on any atom is 0.255 e. The predicted octanol–water partition coefficient (Wildman–Crippen LogP) is 3.11. The fraction of sp³-hybridized carbons (Fsp3) is 0.133. The van der Waals surface area contributed by atoms with Crippen molar-refractivity contribution in [1.29, 1.82) is 0 Å². The molecule has 0 fully saturated rings. The molecule has 0 heterocycles. The van der Waals surface area contributed by atoms with Gasteiger partial charge in [-0.05, 0) is 45.8 Å². The van der Waals surface area contributed by atoms with Crippen LogP contribution >= 0.6 is 15.9 Å². The fourth-order valence-electron chi connectivity index (χ4n) is 1.88. The van der Waals surface area contributed by atoms with Crippen molar-refractivity contribution in [3.05, 3.63) is 57.8 Å². The van der Waals surface area contributed by atoms with Gasteiger partial charge in [-0.2, -0.15) is 0 Å². The van der Waals surface area contributed by atoms with Crippen molar-refractivity contribution in [2.75, 3.05) is 12.8 Å². The number of anilines is 1. The van der Waals surface area contributed by atoms with Crippen LogP contribution in [0.1, 0.15) is 15.9 Å². The number of carbonyl (C=O) groups excluding carboxylic acids is 1. The Bertz CT molecular complexity index is 656. The van der Waals surface area contributed by atoms with Crippen molar-refractivity contribution < 1.29 is 13.9 Å². The Balaban J connectivity index is 2.09. The summed E-state index contributed by atoms with van der Waals surface area (Å²) in [7, 11) is 1.53. The Kier molecular flexibility index (Phi) is 4.80. The zero-order valence-electron chi connectivity index (χ0n) is 11.3. The second-order valence-electron chi connectivity index (χ2n) is 4.36. The molecule has 2 aromatic rings. The summed E-state index contributed by atoms with van der Waals surface area (Å²) in [5, 5.41) is 2.66.